The van der Waals surface area contributed by atoms with Crippen molar-refractivity contribution in [3.05, 3.63) is 65.0 Å². The molecule has 0 bridgehead atoms. The third kappa shape index (κ3) is 4.60. The van der Waals surface area contributed by atoms with Gasteiger partial charge in [0.15, 0.2) is 5.82 Å². The number of nitrogens with one attached hydrogen (secondary N) is 1. The van der Waals surface area contributed by atoms with Crippen LogP contribution in [-0.4, -0.2) is 34.0 Å². The Morgan fingerprint density at radius 2 is 1.97 bits per heavy atom. The minimum Gasteiger partial charge on any atom is -0.334 e. The van der Waals surface area contributed by atoms with E-state index in [0.29, 0.717) is 24.8 Å². The first-order valence-corrected chi connectivity index (χ1v) is 10.5. The van der Waals surface area contributed by atoms with Gasteiger partial charge in [0.2, 0.25) is 5.91 Å². The minimum absolute atomic E-state index is 0.0397. The van der Waals surface area contributed by atoms with E-state index >= 15 is 0 Å². The molecule has 1 amide bonds. The van der Waals surface area contributed by atoms with Crippen molar-refractivity contribution in [1.82, 2.24) is 15.0 Å². The largest absolute Gasteiger partial charge is 0.334 e. The zero-order chi connectivity index (χ0) is 21.1. The molecule has 1 aromatic heterocycles. The number of hydrogen-bond donors (Lipinski definition) is 1. The summed E-state index contributed by atoms with van der Waals surface area (Å²) < 4.78 is 5.44. The predicted octanol–water partition coefficient (Wildman–Crippen LogP) is 4.51. The van der Waals surface area contributed by atoms with Crippen LogP contribution in [0.2, 0.25) is 0 Å². The second kappa shape index (κ2) is 8.79. The van der Waals surface area contributed by atoms with Gasteiger partial charge in [0, 0.05) is 17.8 Å². The lowest BCUT2D eigenvalue weighted by atomic mass is 9.96. The Morgan fingerprint density at radius 1 is 1.17 bits per heavy atom. The van der Waals surface area contributed by atoms with Gasteiger partial charge in [-0.05, 0) is 69.5 Å². The molecule has 1 aliphatic heterocycles. The molecular weight excluding hydrogens is 376 g/mol. The van der Waals surface area contributed by atoms with Gasteiger partial charge < -0.3 is 9.84 Å². The Kier molecular flexibility index (Phi) is 5.95. The summed E-state index contributed by atoms with van der Waals surface area (Å²) in [5.74, 6) is 1.23. The maximum Gasteiger partial charge on any atom is 0.257 e. The van der Waals surface area contributed by atoms with Crippen molar-refractivity contribution in [1.29, 1.82) is 0 Å². The van der Waals surface area contributed by atoms with Crippen LogP contribution < -0.4 is 5.32 Å². The van der Waals surface area contributed by atoms with Crippen LogP contribution in [0.15, 0.2) is 47.0 Å². The number of hydrogen-bond acceptors (Lipinski definition) is 5. The number of anilines is 1. The molecule has 6 nitrogen and oxygen atoms in total. The molecule has 1 saturated heterocycles. The summed E-state index contributed by atoms with van der Waals surface area (Å²) in [6.45, 7) is 8.37. The van der Waals surface area contributed by atoms with Gasteiger partial charge in [-0.1, -0.05) is 35.0 Å². The van der Waals surface area contributed by atoms with Crippen LogP contribution in [0.4, 0.5) is 5.69 Å². The van der Waals surface area contributed by atoms with E-state index in [0.717, 1.165) is 36.2 Å². The summed E-state index contributed by atoms with van der Waals surface area (Å²) in [5.41, 5.74) is 5.31. The molecule has 0 unspecified atom stereocenters. The Balaban J connectivity index is 1.38. The number of aromatic nitrogens is 2. The van der Waals surface area contributed by atoms with Crippen LogP contribution >= 0.6 is 0 Å². The third-order valence-electron chi connectivity index (χ3n) is 5.87. The van der Waals surface area contributed by atoms with Crippen molar-refractivity contribution in [2.75, 3.05) is 18.4 Å². The summed E-state index contributed by atoms with van der Waals surface area (Å²) in [4.78, 5) is 19.6. The van der Waals surface area contributed by atoms with Crippen molar-refractivity contribution in [2.24, 2.45) is 5.92 Å². The highest BCUT2D eigenvalue weighted by molar-refractivity contribution is 5.93. The summed E-state index contributed by atoms with van der Waals surface area (Å²) in [6.07, 6.45) is 1.88. The van der Waals surface area contributed by atoms with Crippen LogP contribution in [0.5, 0.6) is 0 Å². The third-order valence-corrected chi connectivity index (χ3v) is 5.87. The zero-order valence-corrected chi connectivity index (χ0v) is 17.8. The Labute approximate surface area is 177 Å². The van der Waals surface area contributed by atoms with E-state index in [4.69, 9.17) is 4.52 Å². The lowest BCUT2D eigenvalue weighted by Crippen LogP contribution is -2.40. The first-order valence-electron chi connectivity index (χ1n) is 10.5. The normalized spacial score (nSPS) is 17.1. The Bertz CT molecular complexity index is 1030. The molecule has 0 aliphatic carbocycles. The van der Waals surface area contributed by atoms with Crippen LogP contribution in [0.1, 0.15) is 35.4 Å². The quantitative estimate of drug-likeness (QED) is 0.677. The highest BCUT2D eigenvalue weighted by Gasteiger charge is 2.27. The van der Waals surface area contributed by atoms with Gasteiger partial charge in [0.1, 0.15) is 0 Å². The topological polar surface area (TPSA) is 71.3 Å². The van der Waals surface area contributed by atoms with E-state index in [-0.39, 0.29) is 11.8 Å². The van der Waals surface area contributed by atoms with E-state index < -0.39 is 0 Å². The van der Waals surface area contributed by atoms with Gasteiger partial charge in [-0.15, -0.1) is 0 Å². The van der Waals surface area contributed by atoms with Gasteiger partial charge in [-0.25, -0.2) is 0 Å². The number of carbonyl (C=O) groups is 1. The molecule has 6 heteroatoms. The molecule has 0 radical (unpaired) electrons. The smallest absolute Gasteiger partial charge is 0.257 e. The van der Waals surface area contributed by atoms with Crippen LogP contribution in [0.3, 0.4) is 0 Å². The number of piperidine rings is 1. The maximum atomic E-state index is 12.9. The first kappa shape index (κ1) is 20.3. The van der Waals surface area contributed by atoms with Gasteiger partial charge in [0.05, 0.1) is 12.5 Å². The van der Waals surface area contributed by atoms with E-state index in [1.54, 1.807) is 0 Å². The van der Waals surface area contributed by atoms with Crippen molar-refractivity contribution in [3.8, 4) is 11.5 Å². The van der Waals surface area contributed by atoms with E-state index in [1.807, 2.05) is 50.2 Å². The monoisotopic (exact) mass is 404 g/mol. The molecule has 1 fully saturated rings. The standard InChI is InChI=1S/C24H28N4O2/c1-16-9-11-19(12-10-16)24-26-22(27-30-24)15-28-13-5-7-20(14-28)23(29)25-21-8-4-6-17(2)18(21)3/h4,6,8-12,20H,5,7,13-15H2,1-3H3,(H,25,29)/t20-/m1/s1. The number of nitrogens with zero attached hydrogens (tertiary/aromatic N) is 3. The van der Waals surface area contributed by atoms with E-state index in [2.05, 4.69) is 33.3 Å². The molecule has 30 heavy (non-hydrogen) atoms. The van der Waals surface area contributed by atoms with Crippen LogP contribution in [0.25, 0.3) is 11.5 Å². The number of likely N-dealkylation sites (tertiary alicyclic amines) is 1. The average molecular weight is 405 g/mol. The molecule has 0 spiro atoms. The second-order valence-corrected chi connectivity index (χ2v) is 8.19. The fraction of sp³-hybridized carbons (Fsp3) is 0.375. The molecule has 1 aliphatic rings. The van der Waals surface area contributed by atoms with Crippen LogP contribution in [-0.2, 0) is 11.3 Å². The highest BCUT2D eigenvalue weighted by Crippen LogP contribution is 2.23. The molecule has 4 rings (SSSR count). The molecule has 3 aromatic rings. The number of benzene rings is 2. The second-order valence-electron chi connectivity index (χ2n) is 8.19. The lowest BCUT2D eigenvalue weighted by molar-refractivity contribution is -0.121. The van der Waals surface area contributed by atoms with Crippen molar-refractivity contribution >= 4 is 11.6 Å². The number of carbonyl (C=O) groups excluding carboxylic acids is 1. The Morgan fingerprint density at radius 3 is 2.77 bits per heavy atom. The lowest BCUT2D eigenvalue weighted by Gasteiger charge is -2.31. The molecule has 2 heterocycles. The summed E-state index contributed by atoms with van der Waals surface area (Å²) in [5, 5.41) is 7.26. The Hall–Kier alpha value is -2.99. The maximum absolute atomic E-state index is 12.9. The van der Waals surface area contributed by atoms with Crippen molar-refractivity contribution in [2.45, 2.75) is 40.2 Å². The van der Waals surface area contributed by atoms with Crippen molar-refractivity contribution in [3.63, 3.8) is 0 Å². The van der Waals surface area contributed by atoms with Gasteiger partial charge in [0.25, 0.3) is 5.89 Å². The SMILES string of the molecule is Cc1ccc(-c2nc(CN3CCC[C@@H](C(=O)Nc4cccc(C)c4C)C3)no2)cc1. The number of aryl methyl sites for hydroxylation is 2. The molecule has 1 atom stereocenters. The van der Waals surface area contributed by atoms with Crippen molar-refractivity contribution < 1.29 is 9.32 Å². The summed E-state index contributed by atoms with van der Waals surface area (Å²) in [6, 6.07) is 14.0. The molecule has 2 aromatic carbocycles. The fourth-order valence-electron chi connectivity index (χ4n) is 3.87. The highest BCUT2D eigenvalue weighted by atomic mass is 16.5. The molecule has 156 valence electrons. The zero-order valence-electron chi connectivity index (χ0n) is 17.8. The number of amides is 1. The summed E-state index contributed by atoms with van der Waals surface area (Å²) in [7, 11) is 0. The minimum atomic E-state index is -0.0397. The van der Waals surface area contributed by atoms with Gasteiger partial charge >= 0.3 is 0 Å². The summed E-state index contributed by atoms with van der Waals surface area (Å²) >= 11 is 0. The molecule has 0 saturated carbocycles. The molecular formula is C24H28N4O2. The van der Waals surface area contributed by atoms with Crippen LogP contribution in [0, 0.1) is 26.7 Å². The number of rotatable bonds is 5. The van der Waals surface area contributed by atoms with E-state index in [9.17, 15) is 4.79 Å². The fourth-order valence-corrected chi connectivity index (χ4v) is 3.87. The first-order chi connectivity index (χ1) is 14.5. The van der Waals surface area contributed by atoms with E-state index in [1.165, 1.54) is 11.1 Å². The average Bonchev–Trinajstić information content (AvgIpc) is 3.20. The van der Waals surface area contributed by atoms with Gasteiger partial charge in [-0.2, -0.15) is 4.98 Å². The predicted molar refractivity (Wildman–Crippen MR) is 117 cm³/mol. The molecule has 1 N–H and O–H groups in total. The van der Waals surface area contributed by atoms with Gasteiger partial charge in [-0.3, -0.25) is 9.69 Å².